The first kappa shape index (κ1) is 15.4. The van der Waals surface area contributed by atoms with E-state index in [0.29, 0.717) is 0 Å². The van der Waals surface area contributed by atoms with Crippen LogP contribution in [-0.4, -0.2) is 18.9 Å². The van der Waals surface area contributed by atoms with Crippen molar-refractivity contribution in [1.29, 1.82) is 0 Å². The van der Waals surface area contributed by atoms with Gasteiger partial charge in [0.05, 0.1) is 7.11 Å². The van der Waals surface area contributed by atoms with E-state index < -0.39 is 11.9 Å². The summed E-state index contributed by atoms with van der Waals surface area (Å²) in [5.74, 6) is -1.48. The summed E-state index contributed by atoms with van der Waals surface area (Å²) in [5.41, 5.74) is 6.30. The molecule has 0 saturated carbocycles. The molecule has 0 fully saturated rings. The molecule has 0 aliphatic heterocycles. The molecule has 0 bridgehead atoms. The van der Waals surface area contributed by atoms with E-state index in [-0.39, 0.29) is 5.78 Å². The first-order valence-electron chi connectivity index (χ1n) is 6.39. The largest absolute Gasteiger partial charge is 0.468 e. The van der Waals surface area contributed by atoms with E-state index in [1.165, 1.54) is 19.6 Å². The second-order valence-corrected chi connectivity index (χ2v) is 5.11. The number of ether oxygens (including phenoxy) is 1. The van der Waals surface area contributed by atoms with Crippen LogP contribution in [0.1, 0.15) is 46.2 Å². The molecule has 1 atom stereocenters. The lowest BCUT2D eigenvalue weighted by Gasteiger charge is -2.22. The molecule has 0 aliphatic carbocycles. The quantitative estimate of drug-likeness (QED) is 0.621. The van der Waals surface area contributed by atoms with Crippen LogP contribution in [0.15, 0.2) is 0 Å². The summed E-state index contributed by atoms with van der Waals surface area (Å²) in [6.45, 7) is 11.5. The Kier molecular flexibility index (Phi) is 4.51. The average molecular weight is 262 g/mol. The van der Waals surface area contributed by atoms with E-state index in [1.807, 2.05) is 27.7 Å². The van der Waals surface area contributed by atoms with Gasteiger partial charge >= 0.3 is 5.97 Å². The summed E-state index contributed by atoms with van der Waals surface area (Å²) in [6, 6.07) is 0. The zero-order valence-electron chi connectivity index (χ0n) is 12.8. The van der Waals surface area contributed by atoms with Crippen molar-refractivity contribution in [2.45, 2.75) is 47.5 Å². The second kappa shape index (κ2) is 5.55. The summed E-state index contributed by atoms with van der Waals surface area (Å²) in [5, 5.41) is 0. The molecule has 0 aromatic heterocycles. The van der Waals surface area contributed by atoms with E-state index in [1.54, 1.807) is 0 Å². The molecule has 0 spiro atoms. The second-order valence-electron chi connectivity index (χ2n) is 5.11. The Hall–Kier alpha value is -1.64. The van der Waals surface area contributed by atoms with Crippen LogP contribution in [0, 0.1) is 34.6 Å². The van der Waals surface area contributed by atoms with Gasteiger partial charge in [0.1, 0.15) is 11.7 Å². The van der Waals surface area contributed by atoms with Gasteiger partial charge in [0.25, 0.3) is 0 Å². The number of carbonyl (C=O) groups is 2. The van der Waals surface area contributed by atoms with Gasteiger partial charge in [0.2, 0.25) is 0 Å². The Balaban J connectivity index is 3.65. The maximum atomic E-state index is 11.9. The van der Waals surface area contributed by atoms with Crippen molar-refractivity contribution in [1.82, 2.24) is 0 Å². The van der Waals surface area contributed by atoms with E-state index in [0.717, 1.165) is 27.8 Å². The number of carbonyl (C=O) groups excluding carboxylic acids is 2. The molecule has 1 rings (SSSR count). The number of methoxy groups -OCH3 is 1. The van der Waals surface area contributed by atoms with Crippen LogP contribution >= 0.6 is 0 Å². The number of Topliss-reactive ketones (excluding diaryl/α,β-unsaturated/α-hetero) is 1. The first-order chi connectivity index (χ1) is 8.73. The molecular formula is C16H22O3. The highest BCUT2D eigenvalue weighted by atomic mass is 16.5. The molecule has 1 unspecified atom stereocenters. The predicted molar refractivity (Wildman–Crippen MR) is 75.6 cm³/mol. The molecule has 0 heterocycles. The summed E-state index contributed by atoms with van der Waals surface area (Å²) >= 11 is 0. The lowest BCUT2D eigenvalue weighted by molar-refractivity contribution is -0.145. The van der Waals surface area contributed by atoms with E-state index >= 15 is 0 Å². The number of benzene rings is 1. The molecule has 3 heteroatoms. The van der Waals surface area contributed by atoms with Crippen molar-refractivity contribution in [3.05, 3.63) is 33.4 Å². The third-order valence-electron chi connectivity index (χ3n) is 4.19. The fourth-order valence-corrected chi connectivity index (χ4v) is 2.57. The van der Waals surface area contributed by atoms with Crippen LogP contribution in [0.25, 0.3) is 0 Å². The summed E-state index contributed by atoms with van der Waals surface area (Å²) in [4.78, 5) is 23.8. The molecule has 0 aliphatic rings. The molecule has 104 valence electrons. The standard InChI is InChI=1S/C16H22O3/c1-8-9(2)11(4)14(12(5)10(8)3)15(13(6)17)16(18)19-7/h15H,1-7H3. The van der Waals surface area contributed by atoms with Gasteiger partial charge in [-0.3, -0.25) is 9.59 Å². The van der Waals surface area contributed by atoms with Crippen molar-refractivity contribution in [3.8, 4) is 0 Å². The first-order valence-corrected chi connectivity index (χ1v) is 6.39. The molecule has 19 heavy (non-hydrogen) atoms. The average Bonchev–Trinajstić information content (AvgIpc) is 2.37. The predicted octanol–water partition coefficient (Wildman–Crippen LogP) is 3.07. The molecule has 1 aromatic rings. The van der Waals surface area contributed by atoms with Crippen molar-refractivity contribution < 1.29 is 14.3 Å². The van der Waals surface area contributed by atoms with Crippen LogP contribution in [0.3, 0.4) is 0 Å². The monoisotopic (exact) mass is 262 g/mol. The molecular weight excluding hydrogens is 240 g/mol. The molecule has 0 radical (unpaired) electrons. The number of hydrogen-bond donors (Lipinski definition) is 0. The zero-order valence-corrected chi connectivity index (χ0v) is 12.8. The topological polar surface area (TPSA) is 43.4 Å². The van der Waals surface area contributed by atoms with Crippen LogP contribution in [0.4, 0.5) is 0 Å². The fraction of sp³-hybridized carbons (Fsp3) is 0.500. The lowest BCUT2D eigenvalue weighted by Crippen LogP contribution is -2.24. The van der Waals surface area contributed by atoms with Gasteiger partial charge in [-0.05, 0) is 74.9 Å². The van der Waals surface area contributed by atoms with Gasteiger partial charge in [0, 0.05) is 0 Å². The van der Waals surface area contributed by atoms with Gasteiger partial charge < -0.3 is 4.74 Å². The third kappa shape index (κ3) is 2.55. The summed E-state index contributed by atoms with van der Waals surface area (Å²) in [7, 11) is 1.32. The van der Waals surface area contributed by atoms with Crippen LogP contribution in [0.2, 0.25) is 0 Å². The maximum Gasteiger partial charge on any atom is 0.320 e. The molecule has 1 aromatic carbocycles. The van der Waals surface area contributed by atoms with E-state index in [2.05, 4.69) is 6.92 Å². The van der Waals surface area contributed by atoms with Crippen molar-refractivity contribution in [3.63, 3.8) is 0 Å². The fourth-order valence-electron chi connectivity index (χ4n) is 2.57. The highest BCUT2D eigenvalue weighted by molar-refractivity contribution is 6.04. The van der Waals surface area contributed by atoms with Gasteiger partial charge in [0.15, 0.2) is 0 Å². The Bertz CT molecular complexity index is 512. The maximum absolute atomic E-state index is 11.9. The Morgan fingerprint density at radius 1 is 0.842 bits per heavy atom. The van der Waals surface area contributed by atoms with Crippen LogP contribution in [0.5, 0.6) is 0 Å². The third-order valence-corrected chi connectivity index (χ3v) is 4.19. The Morgan fingerprint density at radius 3 is 1.53 bits per heavy atom. The molecule has 0 N–H and O–H groups in total. The Morgan fingerprint density at radius 2 is 1.21 bits per heavy atom. The minimum absolute atomic E-state index is 0.180. The van der Waals surface area contributed by atoms with Gasteiger partial charge in [-0.15, -0.1) is 0 Å². The normalized spacial score (nSPS) is 12.2. The highest BCUT2D eigenvalue weighted by Crippen LogP contribution is 2.32. The number of hydrogen-bond acceptors (Lipinski definition) is 3. The number of rotatable bonds is 3. The van der Waals surface area contributed by atoms with Crippen LogP contribution in [-0.2, 0) is 14.3 Å². The van der Waals surface area contributed by atoms with Crippen molar-refractivity contribution >= 4 is 11.8 Å². The smallest absolute Gasteiger partial charge is 0.320 e. The van der Waals surface area contributed by atoms with Gasteiger partial charge in [-0.1, -0.05) is 0 Å². The highest BCUT2D eigenvalue weighted by Gasteiger charge is 2.30. The molecule has 0 amide bonds. The molecule has 3 nitrogen and oxygen atoms in total. The lowest BCUT2D eigenvalue weighted by atomic mass is 9.82. The van der Waals surface area contributed by atoms with Gasteiger partial charge in [-0.2, -0.15) is 0 Å². The van der Waals surface area contributed by atoms with Crippen molar-refractivity contribution in [2.75, 3.05) is 7.11 Å². The minimum atomic E-state index is -0.817. The number of ketones is 1. The summed E-state index contributed by atoms with van der Waals surface area (Å²) in [6.07, 6.45) is 0. The number of esters is 1. The minimum Gasteiger partial charge on any atom is -0.468 e. The Labute approximate surface area is 115 Å². The SMILES string of the molecule is COC(=O)C(C(C)=O)c1c(C)c(C)c(C)c(C)c1C. The van der Waals surface area contributed by atoms with E-state index in [9.17, 15) is 9.59 Å². The molecule has 0 saturated heterocycles. The van der Waals surface area contributed by atoms with Gasteiger partial charge in [-0.25, -0.2) is 0 Å². The van der Waals surface area contributed by atoms with Crippen molar-refractivity contribution in [2.24, 2.45) is 0 Å². The summed E-state index contributed by atoms with van der Waals surface area (Å²) < 4.78 is 4.79. The van der Waals surface area contributed by atoms with Crippen LogP contribution < -0.4 is 0 Å². The van der Waals surface area contributed by atoms with E-state index in [4.69, 9.17) is 4.74 Å². The zero-order chi connectivity index (χ0) is 14.9.